The molecule has 1 aromatic rings. The number of hydrogen-bond acceptors (Lipinski definition) is 6. The van der Waals surface area contributed by atoms with Gasteiger partial charge in [0.05, 0.1) is 26.0 Å². The molecule has 0 saturated carbocycles. The largest absolute Gasteiger partial charge is 0.465 e. The average molecular weight is 296 g/mol. The second kappa shape index (κ2) is 6.80. The van der Waals surface area contributed by atoms with E-state index >= 15 is 0 Å². The zero-order chi connectivity index (χ0) is 15.2. The van der Waals surface area contributed by atoms with Gasteiger partial charge in [-0.25, -0.2) is 9.59 Å². The number of nitrogens with one attached hydrogen (secondary N) is 2. The van der Waals surface area contributed by atoms with Crippen LogP contribution in [0.15, 0.2) is 12.1 Å². The Bertz CT molecular complexity index is 546. The lowest BCUT2D eigenvalue weighted by Crippen LogP contribution is -2.19. The molecule has 1 heterocycles. The van der Waals surface area contributed by atoms with Crippen molar-refractivity contribution in [3.63, 3.8) is 0 Å². The Labute approximate surface area is 121 Å². The fourth-order valence-electron chi connectivity index (χ4n) is 1.83. The molecule has 1 aromatic carbocycles. The topological polar surface area (TPSA) is 95.1 Å². The van der Waals surface area contributed by atoms with Gasteiger partial charge in [0.15, 0.2) is 12.5 Å². The Morgan fingerprint density at radius 3 is 2.81 bits per heavy atom. The number of carbonyl (C=O) groups is 2. The van der Waals surface area contributed by atoms with E-state index in [2.05, 4.69) is 15.4 Å². The van der Waals surface area contributed by atoms with Crippen LogP contribution >= 0.6 is 0 Å². The third-order valence-electron chi connectivity index (χ3n) is 2.65. The van der Waals surface area contributed by atoms with Crippen LogP contribution in [0.3, 0.4) is 0 Å². The van der Waals surface area contributed by atoms with Crippen molar-refractivity contribution < 1.29 is 28.5 Å². The molecule has 2 amide bonds. The van der Waals surface area contributed by atoms with Crippen molar-refractivity contribution in [2.45, 2.75) is 13.5 Å². The van der Waals surface area contributed by atoms with Gasteiger partial charge >= 0.3 is 12.2 Å². The predicted octanol–water partition coefficient (Wildman–Crippen LogP) is 2.30. The first-order chi connectivity index (χ1) is 10.1. The Hall–Kier alpha value is -2.48. The van der Waals surface area contributed by atoms with Gasteiger partial charge < -0.3 is 18.9 Å². The van der Waals surface area contributed by atoms with Crippen molar-refractivity contribution in [2.24, 2.45) is 0 Å². The van der Waals surface area contributed by atoms with Crippen molar-refractivity contribution in [2.75, 3.05) is 31.1 Å². The molecule has 0 radical (unpaired) electrons. The molecule has 1 aliphatic heterocycles. The molecule has 8 nitrogen and oxygen atoms in total. The molecule has 0 spiro atoms. The van der Waals surface area contributed by atoms with Crippen molar-refractivity contribution in [1.29, 1.82) is 0 Å². The molecule has 2 N–H and O–H groups in total. The molecule has 0 unspecified atom stereocenters. The minimum atomic E-state index is -0.638. The number of amides is 2. The number of anilines is 2. The van der Waals surface area contributed by atoms with Crippen LogP contribution in [0.25, 0.3) is 0 Å². The van der Waals surface area contributed by atoms with Crippen molar-refractivity contribution in [3.8, 4) is 5.75 Å². The lowest BCUT2D eigenvalue weighted by Gasteiger charge is -2.22. The molecule has 2 rings (SSSR count). The summed E-state index contributed by atoms with van der Waals surface area (Å²) < 4.78 is 19.9. The molecular formula is C13H16N2O6. The van der Waals surface area contributed by atoms with Gasteiger partial charge in [-0.05, 0) is 19.1 Å². The van der Waals surface area contributed by atoms with Crippen molar-refractivity contribution in [1.82, 2.24) is 0 Å². The van der Waals surface area contributed by atoms with Crippen molar-refractivity contribution >= 4 is 23.6 Å². The van der Waals surface area contributed by atoms with Crippen LogP contribution < -0.4 is 15.4 Å². The predicted molar refractivity (Wildman–Crippen MR) is 73.4 cm³/mol. The summed E-state index contributed by atoms with van der Waals surface area (Å²) in [5.41, 5.74) is 1.53. The van der Waals surface area contributed by atoms with Gasteiger partial charge in [-0.15, -0.1) is 0 Å². The maximum Gasteiger partial charge on any atom is 0.411 e. The molecular weight excluding hydrogens is 280 g/mol. The Balaban J connectivity index is 2.28. The van der Waals surface area contributed by atoms with Crippen LogP contribution in [-0.2, 0) is 20.8 Å². The summed E-state index contributed by atoms with van der Waals surface area (Å²) in [7, 11) is 1.26. The SMILES string of the molecule is CCOC(=O)Nc1cc2c(c(NC(=O)OC)c1)OCOC2. The first kappa shape index (κ1) is 14.9. The Kier molecular flexibility index (Phi) is 4.83. The fourth-order valence-corrected chi connectivity index (χ4v) is 1.83. The monoisotopic (exact) mass is 296 g/mol. The molecule has 0 bridgehead atoms. The maximum atomic E-state index is 11.5. The molecule has 8 heteroatoms. The van der Waals surface area contributed by atoms with E-state index in [9.17, 15) is 9.59 Å². The van der Waals surface area contributed by atoms with Gasteiger partial charge in [0.2, 0.25) is 0 Å². The third kappa shape index (κ3) is 3.76. The standard InChI is InChI=1S/C13H16N2O6/c1-3-20-13(17)14-9-4-8-6-19-7-21-11(8)10(5-9)15-12(16)18-2/h4-5H,3,6-7H2,1-2H3,(H,14,17)(H,15,16). The summed E-state index contributed by atoms with van der Waals surface area (Å²) in [4.78, 5) is 22.8. The second-order valence-corrected chi connectivity index (χ2v) is 4.08. The van der Waals surface area contributed by atoms with Crippen LogP contribution in [-0.4, -0.2) is 32.7 Å². The second-order valence-electron chi connectivity index (χ2n) is 4.08. The van der Waals surface area contributed by atoms with Gasteiger partial charge in [0.25, 0.3) is 0 Å². The van der Waals surface area contributed by atoms with Gasteiger partial charge in [0, 0.05) is 11.3 Å². The van der Waals surface area contributed by atoms with E-state index < -0.39 is 12.2 Å². The molecule has 0 fully saturated rings. The normalized spacial score (nSPS) is 12.7. The van der Waals surface area contributed by atoms with Gasteiger partial charge in [-0.1, -0.05) is 0 Å². The van der Waals surface area contributed by atoms with Crippen LogP contribution in [0.5, 0.6) is 5.75 Å². The Morgan fingerprint density at radius 1 is 1.29 bits per heavy atom. The first-order valence-corrected chi connectivity index (χ1v) is 6.30. The number of rotatable bonds is 3. The van der Waals surface area contributed by atoms with E-state index in [4.69, 9.17) is 14.2 Å². The minimum absolute atomic E-state index is 0.0908. The minimum Gasteiger partial charge on any atom is -0.465 e. The molecule has 0 aromatic heterocycles. The molecule has 21 heavy (non-hydrogen) atoms. The highest BCUT2D eigenvalue weighted by atomic mass is 16.7. The lowest BCUT2D eigenvalue weighted by molar-refractivity contribution is -0.0158. The highest BCUT2D eigenvalue weighted by Gasteiger charge is 2.19. The number of benzene rings is 1. The summed E-state index contributed by atoms with van der Waals surface area (Å²) >= 11 is 0. The highest BCUT2D eigenvalue weighted by Crippen LogP contribution is 2.35. The van der Waals surface area contributed by atoms with Crippen LogP contribution in [0.2, 0.25) is 0 Å². The number of carbonyl (C=O) groups excluding carboxylic acids is 2. The van der Waals surface area contributed by atoms with Gasteiger partial charge in [-0.3, -0.25) is 10.6 Å². The van der Waals surface area contributed by atoms with E-state index in [1.165, 1.54) is 7.11 Å². The van der Waals surface area contributed by atoms with Crippen LogP contribution in [0, 0.1) is 0 Å². The molecule has 1 aliphatic rings. The fraction of sp³-hybridized carbons (Fsp3) is 0.385. The summed E-state index contributed by atoms with van der Waals surface area (Å²) in [5.74, 6) is 0.487. The summed E-state index contributed by atoms with van der Waals surface area (Å²) in [5, 5.41) is 5.09. The Morgan fingerprint density at radius 2 is 2.10 bits per heavy atom. The smallest absolute Gasteiger partial charge is 0.411 e. The maximum absolute atomic E-state index is 11.5. The van der Waals surface area contributed by atoms with Gasteiger partial charge in [0.1, 0.15) is 0 Å². The average Bonchev–Trinajstić information content (AvgIpc) is 2.47. The van der Waals surface area contributed by atoms with E-state index in [0.29, 0.717) is 29.3 Å². The highest BCUT2D eigenvalue weighted by molar-refractivity contribution is 5.91. The van der Waals surface area contributed by atoms with Crippen LogP contribution in [0.1, 0.15) is 12.5 Å². The molecule has 114 valence electrons. The summed E-state index contributed by atoms with van der Waals surface area (Å²) in [6.45, 7) is 2.37. The molecule has 0 saturated heterocycles. The van der Waals surface area contributed by atoms with E-state index in [0.717, 1.165) is 0 Å². The molecule has 0 aliphatic carbocycles. The zero-order valence-electron chi connectivity index (χ0n) is 11.7. The van der Waals surface area contributed by atoms with E-state index in [1.54, 1.807) is 19.1 Å². The summed E-state index contributed by atoms with van der Waals surface area (Å²) in [6, 6.07) is 3.24. The quantitative estimate of drug-likeness (QED) is 0.888. The lowest BCUT2D eigenvalue weighted by atomic mass is 10.1. The van der Waals surface area contributed by atoms with Crippen molar-refractivity contribution in [3.05, 3.63) is 17.7 Å². The number of methoxy groups -OCH3 is 1. The zero-order valence-corrected chi connectivity index (χ0v) is 11.7. The number of hydrogen-bond donors (Lipinski definition) is 2. The number of ether oxygens (including phenoxy) is 4. The summed E-state index contributed by atoms with van der Waals surface area (Å²) in [6.07, 6.45) is -1.22. The number of fused-ring (bicyclic) bond motifs is 1. The van der Waals surface area contributed by atoms with Gasteiger partial charge in [-0.2, -0.15) is 0 Å². The van der Waals surface area contributed by atoms with Crippen LogP contribution in [0.4, 0.5) is 21.0 Å². The van der Waals surface area contributed by atoms with E-state index in [1.807, 2.05) is 0 Å². The first-order valence-electron chi connectivity index (χ1n) is 6.30. The third-order valence-corrected chi connectivity index (χ3v) is 2.65. The molecule has 0 atom stereocenters. The van der Waals surface area contributed by atoms with E-state index in [-0.39, 0.29) is 13.4 Å².